The predicted octanol–water partition coefficient (Wildman–Crippen LogP) is 4.18. The van der Waals surface area contributed by atoms with Crippen LogP contribution < -0.4 is 0 Å². The first kappa shape index (κ1) is 24.8. The van der Waals surface area contributed by atoms with E-state index in [0.717, 1.165) is 5.56 Å². The van der Waals surface area contributed by atoms with Gasteiger partial charge in [0.05, 0.1) is 24.3 Å². The van der Waals surface area contributed by atoms with Gasteiger partial charge in [0, 0.05) is 10.9 Å². The second kappa shape index (κ2) is 13.9. The molecule has 0 spiro atoms. The van der Waals surface area contributed by atoms with Gasteiger partial charge in [0.2, 0.25) is 0 Å². The molecule has 0 bridgehead atoms. The zero-order valence-electron chi connectivity index (χ0n) is 16.1. The van der Waals surface area contributed by atoms with Crippen molar-refractivity contribution in [3.63, 3.8) is 0 Å². The van der Waals surface area contributed by atoms with Crippen molar-refractivity contribution in [1.82, 2.24) is 0 Å². The molecule has 0 saturated heterocycles. The zero-order valence-corrected chi connectivity index (χ0v) is 16.8. The lowest BCUT2D eigenvalue weighted by atomic mass is 10.0. The van der Waals surface area contributed by atoms with Crippen LogP contribution in [0.3, 0.4) is 0 Å². The molecule has 158 valence electrons. The lowest BCUT2D eigenvalue weighted by Gasteiger charge is -2.10. The molecule has 0 radical (unpaired) electrons. The molecule has 7 heteroatoms. The van der Waals surface area contributed by atoms with Gasteiger partial charge >= 0.3 is 11.9 Å². The third kappa shape index (κ3) is 9.34. The fourth-order valence-corrected chi connectivity index (χ4v) is 2.29. The number of aliphatic hydroxyl groups excluding tert-OH is 2. The molecule has 0 fully saturated rings. The zero-order chi connectivity index (χ0) is 22.4. The van der Waals surface area contributed by atoms with Crippen molar-refractivity contribution < 1.29 is 30.0 Å². The number of carbonyl (C=O) groups is 2. The Hall–Kier alpha value is -3.19. The van der Waals surface area contributed by atoms with E-state index in [-0.39, 0.29) is 19.1 Å². The smallest absolute Gasteiger partial charge is 0.335 e. The van der Waals surface area contributed by atoms with Crippen LogP contribution in [-0.4, -0.2) is 45.6 Å². The summed E-state index contributed by atoms with van der Waals surface area (Å²) in [5.74, 6) is -1.95. The highest BCUT2D eigenvalue weighted by atomic mass is 35.5. The molecule has 0 aliphatic rings. The molecule has 3 rings (SSSR count). The van der Waals surface area contributed by atoms with E-state index in [1.165, 1.54) is 0 Å². The molecule has 30 heavy (non-hydrogen) atoms. The largest absolute Gasteiger partial charge is 0.478 e. The van der Waals surface area contributed by atoms with Crippen LogP contribution in [0.5, 0.6) is 0 Å². The molecule has 4 N–H and O–H groups in total. The van der Waals surface area contributed by atoms with E-state index in [4.69, 9.17) is 32.0 Å². The standard InChI is InChI=1S/C9H11ClO2.2C7H6O2/c10-9-3-1-7(2-4-9)8(5-11)6-12;2*8-7(9)6-4-2-1-3-5-6/h1-4,8,11-12H,5-6H2;2*1-5H,(H,8,9). The maximum atomic E-state index is 10.2. The average Bonchev–Trinajstić information content (AvgIpc) is 2.78. The predicted molar refractivity (Wildman–Crippen MR) is 115 cm³/mol. The van der Waals surface area contributed by atoms with Crippen LogP contribution in [0.1, 0.15) is 32.2 Å². The number of carboxylic acids is 2. The van der Waals surface area contributed by atoms with Gasteiger partial charge in [0.15, 0.2) is 0 Å². The molecule has 0 unspecified atom stereocenters. The van der Waals surface area contributed by atoms with E-state index in [9.17, 15) is 9.59 Å². The molecule has 6 nitrogen and oxygen atoms in total. The molecule has 0 heterocycles. The Balaban J connectivity index is 0.000000229. The van der Waals surface area contributed by atoms with Crippen LogP contribution >= 0.6 is 11.6 Å². The molecule has 0 amide bonds. The number of benzene rings is 3. The van der Waals surface area contributed by atoms with Gasteiger partial charge in [-0.1, -0.05) is 60.1 Å². The van der Waals surface area contributed by atoms with Crippen molar-refractivity contribution in [2.24, 2.45) is 0 Å². The molecule has 0 atom stereocenters. The number of rotatable bonds is 5. The topological polar surface area (TPSA) is 115 Å². The molecular formula is C23H23ClO6. The van der Waals surface area contributed by atoms with Gasteiger partial charge in [-0.2, -0.15) is 0 Å². The Morgan fingerprint density at radius 3 is 1.30 bits per heavy atom. The number of hydrogen-bond acceptors (Lipinski definition) is 4. The summed E-state index contributed by atoms with van der Waals surface area (Å²) in [4.78, 5) is 20.4. The lowest BCUT2D eigenvalue weighted by Crippen LogP contribution is -2.08. The van der Waals surface area contributed by atoms with Crippen molar-refractivity contribution in [3.05, 3.63) is 107 Å². The minimum absolute atomic E-state index is 0.0435. The summed E-state index contributed by atoms with van der Waals surface area (Å²) in [6.07, 6.45) is 0. The summed E-state index contributed by atoms with van der Waals surface area (Å²) in [6.45, 7) is -0.0870. The second-order valence-corrected chi connectivity index (χ2v) is 6.39. The first-order valence-electron chi connectivity index (χ1n) is 8.92. The Labute approximate surface area is 179 Å². The van der Waals surface area contributed by atoms with Crippen LogP contribution in [0, 0.1) is 0 Å². The Bertz CT molecular complexity index is 829. The number of halogens is 1. The van der Waals surface area contributed by atoms with Crippen LogP contribution in [0.15, 0.2) is 84.9 Å². The fourth-order valence-electron chi connectivity index (χ4n) is 2.16. The maximum Gasteiger partial charge on any atom is 0.335 e. The second-order valence-electron chi connectivity index (χ2n) is 5.96. The van der Waals surface area contributed by atoms with Gasteiger partial charge in [-0.15, -0.1) is 0 Å². The van der Waals surface area contributed by atoms with E-state index >= 15 is 0 Å². The molecule has 3 aromatic carbocycles. The Morgan fingerprint density at radius 2 is 1.03 bits per heavy atom. The third-order valence-corrected chi connectivity index (χ3v) is 4.08. The highest BCUT2D eigenvalue weighted by molar-refractivity contribution is 6.30. The van der Waals surface area contributed by atoms with E-state index in [1.807, 2.05) is 0 Å². The minimum atomic E-state index is -0.879. The average molecular weight is 431 g/mol. The summed E-state index contributed by atoms with van der Waals surface area (Å²) in [6, 6.07) is 23.7. The van der Waals surface area contributed by atoms with Gasteiger partial charge in [-0.05, 0) is 42.0 Å². The summed E-state index contributed by atoms with van der Waals surface area (Å²) >= 11 is 5.68. The number of aliphatic hydroxyl groups is 2. The summed E-state index contributed by atoms with van der Waals surface area (Å²) in [7, 11) is 0. The number of hydrogen-bond donors (Lipinski definition) is 4. The van der Waals surface area contributed by atoms with Crippen LogP contribution in [-0.2, 0) is 0 Å². The molecule has 0 aliphatic carbocycles. The van der Waals surface area contributed by atoms with Crippen molar-refractivity contribution in [2.75, 3.05) is 13.2 Å². The van der Waals surface area contributed by atoms with E-state index in [0.29, 0.717) is 16.1 Å². The molecule has 3 aromatic rings. The highest BCUT2D eigenvalue weighted by Crippen LogP contribution is 2.17. The summed E-state index contributed by atoms with van der Waals surface area (Å²) in [5.41, 5.74) is 1.57. The van der Waals surface area contributed by atoms with Gasteiger partial charge < -0.3 is 20.4 Å². The van der Waals surface area contributed by atoms with Gasteiger partial charge in [0.25, 0.3) is 0 Å². The van der Waals surface area contributed by atoms with Crippen molar-refractivity contribution in [1.29, 1.82) is 0 Å². The van der Waals surface area contributed by atoms with Gasteiger partial charge in [-0.25, -0.2) is 9.59 Å². The van der Waals surface area contributed by atoms with E-state index in [1.54, 1.807) is 84.9 Å². The normalized spacial score (nSPS) is 9.60. The van der Waals surface area contributed by atoms with Gasteiger partial charge in [0.1, 0.15) is 0 Å². The van der Waals surface area contributed by atoms with Crippen molar-refractivity contribution >= 4 is 23.5 Å². The first-order chi connectivity index (χ1) is 14.4. The quantitative estimate of drug-likeness (QED) is 0.482. The van der Waals surface area contributed by atoms with Crippen LogP contribution in [0.2, 0.25) is 5.02 Å². The molecule has 0 saturated carbocycles. The van der Waals surface area contributed by atoms with Crippen molar-refractivity contribution in [2.45, 2.75) is 5.92 Å². The fraction of sp³-hybridized carbons (Fsp3) is 0.130. The minimum Gasteiger partial charge on any atom is -0.478 e. The van der Waals surface area contributed by atoms with Gasteiger partial charge in [-0.3, -0.25) is 0 Å². The summed E-state index contributed by atoms with van der Waals surface area (Å²) in [5, 5.41) is 35.1. The first-order valence-corrected chi connectivity index (χ1v) is 9.30. The lowest BCUT2D eigenvalue weighted by molar-refractivity contribution is 0.0686. The third-order valence-electron chi connectivity index (χ3n) is 3.82. The number of aromatic carboxylic acids is 2. The molecule has 0 aromatic heterocycles. The SMILES string of the molecule is O=C(O)c1ccccc1.O=C(O)c1ccccc1.OCC(CO)c1ccc(Cl)cc1. The number of carboxylic acid groups (broad SMARTS) is 2. The van der Waals surface area contributed by atoms with E-state index in [2.05, 4.69) is 0 Å². The van der Waals surface area contributed by atoms with E-state index < -0.39 is 11.9 Å². The molecule has 0 aliphatic heterocycles. The Morgan fingerprint density at radius 1 is 0.667 bits per heavy atom. The van der Waals surface area contributed by atoms with Crippen LogP contribution in [0.4, 0.5) is 0 Å². The summed E-state index contributed by atoms with van der Waals surface area (Å²) < 4.78 is 0. The Kier molecular flexibility index (Phi) is 11.5. The molecular weight excluding hydrogens is 408 g/mol. The monoisotopic (exact) mass is 430 g/mol. The highest BCUT2D eigenvalue weighted by Gasteiger charge is 2.07. The van der Waals surface area contributed by atoms with Crippen molar-refractivity contribution in [3.8, 4) is 0 Å². The maximum absolute atomic E-state index is 10.2. The van der Waals surface area contributed by atoms with Crippen LogP contribution in [0.25, 0.3) is 0 Å².